The molecule has 37 heavy (non-hydrogen) atoms. The fourth-order valence-corrected chi connectivity index (χ4v) is 6.24. The van der Waals surface area contributed by atoms with Crippen molar-refractivity contribution in [2.45, 2.75) is 94.9 Å². The van der Waals surface area contributed by atoms with Gasteiger partial charge in [0, 0.05) is 25.9 Å². The van der Waals surface area contributed by atoms with Crippen molar-refractivity contribution in [3.05, 3.63) is 35.4 Å². The fraction of sp³-hybridized carbons (Fsp3) is 0.643. The van der Waals surface area contributed by atoms with Crippen molar-refractivity contribution in [3.63, 3.8) is 0 Å². The van der Waals surface area contributed by atoms with E-state index in [1.165, 1.54) is 10.5 Å². The number of amides is 3. The van der Waals surface area contributed by atoms with Gasteiger partial charge in [0.1, 0.15) is 17.7 Å². The topological polar surface area (TPSA) is 116 Å². The van der Waals surface area contributed by atoms with E-state index in [0.717, 1.165) is 56.9 Å². The predicted octanol–water partition coefficient (Wildman–Crippen LogP) is 3.24. The number of aliphatic carboxylic acids is 1. The summed E-state index contributed by atoms with van der Waals surface area (Å²) in [5, 5.41) is 12.7. The number of hydrogen-bond acceptors (Lipinski definition) is 5. The van der Waals surface area contributed by atoms with E-state index in [9.17, 15) is 24.3 Å². The smallest absolute Gasteiger partial charge is 0.410 e. The molecule has 0 spiro atoms. The second-order valence-electron chi connectivity index (χ2n) is 11.1. The number of carboxylic acid groups (broad SMARTS) is 1. The highest BCUT2D eigenvalue weighted by Crippen LogP contribution is 2.47. The van der Waals surface area contributed by atoms with Gasteiger partial charge in [0.05, 0.1) is 6.54 Å². The third-order valence-corrected chi connectivity index (χ3v) is 8.57. The van der Waals surface area contributed by atoms with Gasteiger partial charge in [-0.05, 0) is 42.7 Å². The van der Waals surface area contributed by atoms with Crippen molar-refractivity contribution in [3.8, 4) is 0 Å². The first-order valence-corrected chi connectivity index (χ1v) is 13.7. The molecule has 1 aliphatic carbocycles. The largest absolute Gasteiger partial charge is 0.479 e. The summed E-state index contributed by atoms with van der Waals surface area (Å²) in [5.41, 5.74) is 1.07. The Labute approximate surface area is 217 Å². The molecule has 0 bridgehead atoms. The maximum absolute atomic E-state index is 13.4. The van der Waals surface area contributed by atoms with E-state index in [1.54, 1.807) is 4.90 Å². The maximum atomic E-state index is 13.4. The minimum atomic E-state index is -1.25. The maximum Gasteiger partial charge on any atom is 0.410 e. The van der Waals surface area contributed by atoms with Crippen molar-refractivity contribution >= 4 is 23.9 Å². The summed E-state index contributed by atoms with van der Waals surface area (Å²) >= 11 is 0. The number of nitrogens with zero attached hydrogens (tertiary/aromatic N) is 2. The Morgan fingerprint density at radius 1 is 1.00 bits per heavy atom. The number of nitrogens with one attached hydrogen (secondary N) is 1. The van der Waals surface area contributed by atoms with Crippen LogP contribution >= 0.6 is 0 Å². The van der Waals surface area contributed by atoms with Gasteiger partial charge < -0.3 is 25.0 Å². The zero-order valence-corrected chi connectivity index (χ0v) is 21.3. The van der Waals surface area contributed by atoms with Crippen molar-refractivity contribution in [1.82, 2.24) is 15.1 Å². The number of ether oxygens (including phenoxy) is 1. The first-order chi connectivity index (χ1) is 17.9. The molecule has 2 saturated heterocycles. The van der Waals surface area contributed by atoms with Crippen LogP contribution in [0.3, 0.4) is 0 Å². The summed E-state index contributed by atoms with van der Waals surface area (Å²) in [7, 11) is 0. The van der Waals surface area contributed by atoms with Crippen molar-refractivity contribution < 1.29 is 29.0 Å². The molecule has 2 N–H and O–H groups in total. The van der Waals surface area contributed by atoms with Gasteiger partial charge >= 0.3 is 12.1 Å². The standard InChI is InChI=1S/C28H37N3O6/c32-24-12-6-4-2-1-3-5-11-21-16-28(21,26(34)35)29-25(33)23-15-22(18-31(23)24)37-27(36)30-14-13-19-9-7-8-10-20(19)17-30/h7-10,21-23H,1-6,11-18H2,(H,29,33)(H,34,35)/t21-,22-,23+,28-/m1/s1. The number of carboxylic acids is 1. The number of benzene rings is 1. The molecule has 3 heterocycles. The molecule has 3 amide bonds. The van der Waals surface area contributed by atoms with Crippen LogP contribution in [0.5, 0.6) is 0 Å². The van der Waals surface area contributed by atoms with Gasteiger partial charge in [-0.15, -0.1) is 0 Å². The zero-order chi connectivity index (χ0) is 26.0. The summed E-state index contributed by atoms with van der Waals surface area (Å²) < 4.78 is 5.81. The first-order valence-electron chi connectivity index (χ1n) is 13.7. The second kappa shape index (κ2) is 10.7. The van der Waals surface area contributed by atoms with Crippen molar-refractivity contribution in [2.75, 3.05) is 13.1 Å². The number of fused-ring (bicyclic) bond motifs is 3. The Morgan fingerprint density at radius 3 is 2.51 bits per heavy atom. The van der Waals surface area contributed by atoms with Gasteiger partial charge in [-0.1, -0.05) is 56.4 Å². The summed E-state index contributed by atoms with van der Waals surface area (Å²) in [6.07, 6.45) is 7.21. The molecule has 9 heteroatoms. The van der Waals surface area contributed by atoms with Crippen LogP contribution in [0.4, 0.5) is 4.79 Å². The normalized spacial score (nSPS) is 30.6. The molecular formula is C28H37N3O6. The van der Waals surface area contributed by atoms with Gasteiger partial charge in [-0.2, -0.15) is 0 Å². The van der Waals surface area contributed by atoms with Crippen LogP contribution < -0.4 is 5.32 Å². The second-order valence-corrected chi connectivity index (χ2v) is 11.1. The third kappa shape index (κ3) is 5.45. The average Bonchev–Trinajstić information content (AvgIpc) is 3.42. The van der Waals surface area contributed by atoms with Gasteiger partial charge in [-0.25, -0.2) is 9.59 Å². The number of carbonyl (C=O) groups is 4. The molecule has 4 aliphatic rings. The molecule has 200 valence electrons. The lowest BCUT2D eigenvalue weighted by atomic mass is 10.0. The van der Waals surface area contributed by atoms with Gasteiger partial charge in [0.2, 0.25) is 11.8 Å². The van der Waals surface area contributed by atoms with Crippen LogP contribution in [0.25, 0.3) is 0 Å². The minimum absolute atomic E-state index is 0.0831. The monoisotopic (exact) mass is 511 g/mol. The molecule has 0 radical (unpaired) electrons. The van der Waals surface area contributed by atoms with Crippen molar-refractivity contribution in [1.29, 1.82) is 0 Å². The Kier molecular flexibility index (Phi) is 7.40. The summed E-state index contributed by atoms with van der Waals surface area (Å²) in [6.45, 7) is 1.17. The fourth-order valence-electron chi connectivity index (χ4n) is 6.24. The van der Waals surface area contributed by atoms with Crippen LogP contribution in [0.2, 0.25) is 0 Å². The highest BCUT2D eigenvalue weighted by Gasteiger charge is 2.62. The molecule has 5 rings (SSSR count). The highest BCUT2D eigenvalue weighted by molar-refractivity contribution is 5.94. The van der Waals surface area contributed by atoms with Gasteiger partial charge in [-0.3, -0.25) is 9.59 Å². The lowest BCUT2D eigenvalue weighted by Crippen LogP contribution is -2.53. The van der Waals surface area contributed by atoms with Crippen LogP contribution in [0.1, 0.15) is 75.3 Å². The summed E-state index contributed by atoms with van der Waals surface area (Å²) in [4.78, 5) is 54.8. The summed E-state index contributed by atoms with van der Waals surface area (Å²) in [6, 6.07) is 7.18. The number of rotatable bonds is 2. The molecule has 1 aromatic carbocycles. The number of hydrogen-bond donors (Lipinski definition) is 2. The van der Waals surface area contributed by atoms with E-state index in [4.69, 9.17) is 4.74 Å². The average molecular weight is 512 g/mol. The molecule has 0 unspecified atom stereocenters. The van der Waals surface area contributed by atoms with E-state index in [0.29, 0.717) is 25.9 Å². The van der Waals surface area contributed by atoms with Crippen molar-refractivity contribution in [2.24, 2.45) is 5.92 Å². The Hall–Kier alpha value is -3.10. The highest BCUT2D eigenvalue weighted by atomic mass is 16.6. The van der Waals surface area contributed by atoms with Gasteiger partial charge in [0.25, 0.3) is 0 Å². The Balaban J connectivity index is 1.27. The van der Waals surface area contributed by atoms with Crippen LogP contribution in [0, 0.1) is 5.92 Å². The lowest BCUT2D eigenvalue weighted by Gasteiger charge is -2.29. The Morgan fingerprint density at radius 2 is 1.73 bits per heavy atom. The van der Waals surface area contributed by atoms with E-state index in [-0.39, 0.29) is 24.8 Å². The van der Waals surface area contributed by atoms with Crippen LogP contribution in [-0.2, 0) is 32.1 Å². The van der Waals surface area contributed by atoms with E-state index >= 15 is 0 Å². The van der Waals surface area contributed by atoms with E-state index < -0.39 is 35.7 Å². The van der Waals surface area contributed by atoms with Crippen LogP contribution in [0.15, 0.2) is 24.3 Å². The Bertz CT molecular complexity index is 1060. The minimum Gasteiger partial charge on any atom is -0.479 e. The van der Waals surface area contributed by atoms with Gasteiger partial charge in [0.15, 0.2) is 0 Å². The first kappa shape index (κ1) is 25.5. The summed E-state index contributed by atoms with van der Waals surface area (Å²) in [5.74, 6) is -1.70. The molecular weight excluding hydrogens is 474 g/mol. The van der Waals surface area contributed by atoms with E-state index in [1.807, 2.05) is 18.2 Å². The molecule has 9 nitrogen and oxygen atoms in total. The van der Waals surface area contributed by atoms with E-state index in [2.05, 4.69) is 11.4 Å². The predicted molar refractivity (Wildman–Crippen MR) is 134 cm³/mol. The molecule has 4 atom stereocenters. The molecule has 3 fully saturated rings. The quantitative estimate of drug-likeness (QED) is 0.630. The molecule has 1 aromatic rings. The lowest BCUT2D eigenvalue weighted by molar-refractivity contribution is -0.145. The molecule has 1 saturated carbocycles. The zero-order valence-electron chi connectivity index (χ0n) is 21.3. The third-order valence-electron chi connectivity index (χ3n) is 8.57. The SMILES string of the molecule is O=C1N[C@]2(C(=O)O)C[C@H]2CCCCCCCCC(=O)N2C[C@H](OC(=O)N3CCc4ccccc4C3)C[C@@H]12. The number of carbonyl (C=O) groups excluding carboxylic acids is 3. The molecule has 3 aliphatic heterocycles. The van der Waals surface area contributed by atoms with Crippen LogP contribution in [-0.4, -0.2) is 69.6 Å². The molecule has 0 aromatic heterocycles.